The molecule has 0 aliphatic carbocycles. The minimum Gasteiger partial charge on any atom is -0.322 e. The van der Waals surface area contributed by atoms with Crippen LogP contribution in [0, 0.1) is 0 Å². The number of nitrogens with one attached hydrogen (secondary N) is 1. The number of anilines is 1. The maximum absolute atomic E-state index is 12.3. The topological polar surface area (TPSA) is 107 Å². The monoisotopic (exact) mass is 342 g/mol. The molecule has 1 heterocycles. The van der Waals surface area contributed by atoms with Gasteiger partial charge in [0.2, 0.25) is 10.0 Å². The van der Waals surface area contributed by atoms with Gasteiger partial charge < -0.3 is 5.32 Å². The Bertz CT molecular complexity index is 965. The zero-order chi connectivity index (χ0) is 17.2. The molecule has 1 amide bonds. The van der Waals surface area contributed by atoms with Crippen LogP contribution in [0.25, 0.3) is 5.69 Å². The predicted octanol–water partition coefficient (Wildman–Crippen LogP) is 1.77. The lowest BCUT2D eigenvalue weighted by molar-refractivity contribution is 0.102. The van der Waals surface area contributed by atoms with Gasteiger partial charge in [-0.15, -0.1) is 0 Å². The number of hydrogen-bond donors (Lipinski definition) is 2. The van der Waals surface area contributed by atoms with Crippen molar-refractivity contribution < 1.29 is 13.2 Å². The standard InChI is InChI=1S/C16H14N4O3S/c17-24(22,23)15-4-1-3-13(11-15)19-16(21)12-5-7-14(8-6-12)20-10-2-9-18-20/h1-11H,(H,19,21)(H2,17,22,23). The van der Waals surface area contributed by atoms with Crippen molar-refractivity contribution in [2.45, 2.75) is 4.90 Å². The quantitative estimate of drug-likeness (QED) is 0.753. The van der Waals surface area contributed by atoms with Crippen LogP contribution in [-0.2, 0) is 10.0 Å². The van der Waals surface area contributed by atoms with Crippen molar-refractivity contribution in [3.05, 3.63) is 72.6 Å². The Labute approximate surface area is 138 Å². The van der Waals surface area contributed by atoms with Gasteiger partial charge in [0.05, 0.1) is 10.6 Å². The van der Waals surface area contributed by atoms with Crippen molar-refractivity contribution >= 4 is 21.6 Å². The van der Waals surface area contributed by atoms with E-state index in [0.717, 1.165) is 5.69 Å². The van der Waals surface area contributed by atoms with Gasteiger partial charge in [0.1, 0.15) is 0 Å². The molecule has 0 bridgehead atoms. The number of rotatable bonds is 4. The number of benzene rings is 2. The highest BCUT2D eigenvalue weighted by Crippen LogP contribution is 2.16. The van der Waals surface area contributed by atoms with Gasteiger partial charge >= 0.3 is 0 Å². The number of carbonyl (C=O) groups excluding carboxylic acids is 1. The molecule has 8 heteroatoms. The third-order valence-electron chi connectivity index (χ3n) is 3.32. The summed E-state index contributed by atoms with van der Waals surface area (Å²) >= 11 is 0. The molecule has 3 N–H and O–H groups in total. The number of nitrogens with two attached hydrogens (primary N) is 1. The number of hydrogen-bond acceptors (Lipinski definition) is 4. The molecule has 122 valence electrons. The van der Waals surface area contributed by atoms with Gasteiger partial charge in [-0.1, -0.05) is 6.07 Å². The Kier molecular flexibility index (Phi) is 4.15. The Hall–Kier alpha value is -2.97. The molecule has 24 heavy (non-hydrogen) atoms. The number of aromatic nitrogens is 2. The first-order valence-electron chi connectivity index (χ1n) is 6.98. The molecule has 0 aliphatic rings. The minimum absolute atomic E-state index is 0.0608. The number of sulfonamides is 1. The van der Waals surface area contributed by atoms with Crippen molar-refractivity contribution in [2.75, 3.05) is 5.32 Å². The molecule has 3 rings (SSSR count). The molecule has 0 radical (unpaired) electrons. The predicted molar refractivity (Wildman–Crippen MR) is 89.3 cm³/mol. The molecule has 0 saturated carbocycles. The first-order chi connectivity index (χ1) is 11.4. The van der Waals surface area contributed by atoms with Crippen LogP contribution in [0.5, 0.6) is 0 Å². The summed E-state index contributed by atoms with van der Waals surface area (Å²) in [6.45, 7) is 0. The van der Waals surface area contributed by atoms with E-state index >= 15 is 0 Å². The van der Waals surface area contributed by atoms with E-state index in [2.05, 4.69) is 10.4 Å². The fraction of sp³-hybridized carbons (Fsp3) is 0. The molecule has 7 nitrogen and oxygen atoms in total. The highest BCUT2D eigenvalue weighted by Gasteiger charge is 2.11. The maximum Gasteiger partial charge on any atom is 0.255 e. The van der Waals surface area contributed by atoms with Crippen LogP contribution in [-0.4, -0.2) is 24.1 Å². The summed E-state index contributed by atoms with van der Waals surface area (Å²) in [5.41, 5.74) is 1.61. The molecule has 0 spiro atoms. The van der Waals surface area contributed by atoms with Crippen molar-refractivity contribution in [3.63, 3.8) is 0 Å². The number of carbonyl (C=O) groups is 1. The highest BCUT2D eigenvalue weighted by atomic mass is 32.2. The van der Waals surface area contributed by atoms with Crippen LogP contribution in [0.2, 0.25) is 0 Å². The Morgan fingerprint density at radius 3 is 2.46 bits per heavy atom. The van der Waals surface area contributed by atoms with E-state index in [1.54, 1.807) is 53.5 Å². The number of amides is 1. The van der Waals surface area contributed by atoms with Crippen LogP contribution >= 0.6 is 0 Å². The molecule has 2 aromatic carbocycles. The fourth-order valence-corrected chi connectivity index (χ4v) is 2.70. The summed E-state index contributed by atoms with van der Waals surface area (Å²) in [6.07, 6.45) is 3.47. The van der Waals surface area contributed by atoms with E-state index in [0.29, 0.717) is 11.3 Å². The molecular formula is C16H14N4O3S. The van der Waals surface area contributed by atoms with Crippen LogP contribution in [0.15, 0.2) is 71.9 Å². The lowest BCUT2D eigenvalue weighted by atomic mass is 10.2. The highest BCUT2D eigenvalue weighted by molar-refractivity contribution is 7.89. The number of primary sulfonamides is 1. The maximum atomic E-state index is 12.3. The van der Waals surface area contributed by atoms with Crippen LogP contribution in [0.3, 0.4) is 0 Å². The van der Waals surface area contributed by atoms with Gasteiger partial charge in [-0.05, 0) is 48.5 Å². The molecule has 3 aromatic rings. The summed E-state index contributed by atoms with van der Waals surface area (Å²) in [6, 6.07) is 14.4. The SMILES string of the molecule is NS(=O)(=O)c1cccc(NC(=O)c2ccc(-n3cccn3)cc2)c1. The van der Waals surface area contributed by atoms with E-state index in [9.17, 15) is 13.2 Å². The van der Waals surface area contributed by atoms with E-state index in [-0.39, 0.29) is 10.8 Å². The average Bonchev–Trinajstić information content (AvgIpc) is 3.09. The smallest absolute Gasteiger partial charge is 0.255 e. The Morgan fingerprint density at radius 2 is 1.83 bits per heavy atom. The van der Waals surface area contributed by atoms with Crippen molar-refractivity contribution in [1.29, 1.82) is 0 Å². The lowest BCUT2D eigenvalue weighted by Crippen LogP contribution is -2.14. The minimum atomic E-state index is -3.82. The largest absolute Gasteiger partial charge is 0.322 e. The lowest BCUT2D eigenvalue weighted by Gasteiger charge is -2.07. The summed E-state index contributed by atoms with van der Waals surface area (Å²) in [4.78, 5) is 12.2. The van der Waals surface area contributed by atoms with Crippen molar-refractivity contribution in [2.24, 2.45) is 5.14 Å². The Morgan fingerprint density at radius 1 is 1.08 bits per heavy atom. The molecular weight excluding hydrogens is 328 g/mol. The first-order valence-corrected chi connectivity index (χ1v) is 8.52. The third-order valence-corrected chi connectivity index (χ3v) is 4.23. The summed E-state index contributed by atoms with van der Waals surface area (Å²) in [5, 5.41) is 11.8. The Balaban J connectivity index is 1.78. The zero-order valence-corrected chi connectivity index (χ0v) is 13.3. The van der Waals surface area contributed by atoms with Crippen molar-refractivity contribution in [1.82, 2.24) is 9.78 Å². The van der Waals surface area contributed by atoms with Gasteiger partial charge in [-0.3, -0.25) is 4.79 Å². The average molecular weight is 342 g/mol. The number of nitrogens with zero attached hydrogens (tertiary/aromatic N) is 2. The van der Waals surface area contributed by atoms with Gasteiger partial charge in [-0.25, -0.2) is 18.2 Å². The second kappa shape index (κ2) is 6.26. The van der Waals surface area contributed by atoms with E-state index < -0.39 is 10.0 Å². The van der Waals surface area contributed by atoms with E-state index in [1.807, 2.05) is 0 Å². The van der Waals surface area contributed by atoms with Gasteiger partial charge in [0, 0.05) is 23.6 Å². The second-order valence-corrected chi connectivity index (χ2v) is 6.59. The summed E-state index contributed by atoms with van der Waals surface area (Å²) < 4.78 is 24.4. The zero-order valence-electron chi connectivity index (χ0n) is 12.5. The molecule has 0 unspecified atom stereocenters. The third kappa shape index (κ3) is 3.50. The van der Waals surface area contributed by atoms with Gasteiger partial charge in [0.15, 0.2) is 0 Å². The van der Waals surface area contributed by atoms with Crippen LogP contribution in [0.4, 0.5) is 5.69 Å². The van der Waals surface area contributed by atoms with E-state index in [4.69, 9.17) is 5.14 Å². The normalized spacial score (nSPS) is 11.2. The second-order valence-electron chi connectivity index (χ2n) is 5.02. The molecule has 0 aliphatic heterocycles. The molecule has 0 atom stereocenters. The first kappa shape index (κ1) is 15.9. The summed E-state index contributed by atoms with van der Waals surface area (Å²) in [7, 11) is -3.82. The molecule has 0 fully saturated rings. The van der Waals surface area contributed by atoms with Crippen LogP contribution < -0.4 is 10.5 Å². The fourth-order valence-electron chi connectivity index (χ4n) is 2.14. The van der Waals surface area contributed by atoms with Crippen molar-refractivity contribution in [3.8, 4) is 5.69 Å². The van der Waals surface area contributed by atoms with E-state index in [1.165, 1.54) is 18.2 Å². The molecule has 1 aromatic heterocycles. The van der Waals surface area contributed by atoms with Gasteiger partial charge in [0.25, 0.3) is 5.91 Å². The van der Waals surface area contributed by atoms with Gasteiger partial charge in [-0.2, -0.15) is 5.10 Å². The van der Waals surface area contributed by atoms with Crippen LogP contribution in [0.1, 0.15) is 10.4 Å². The molecule has 0 saturated heterocycles. The summed E-state index contributed by atoms with van der Waals surface area (Å²) in [5.74, 6) is -0.353.